The van der Waals surface area contributed by atoms with Gasteiger partial charge in [-0.2, -0.15) is 0 Å². The van der Waals surface area contributed by atoms with Gasteiger partial charge in [0.25, 0.3) is 0 Å². The highest BCUT2D eigenvalue weighted by molar-refractivity contribution is 5.85. The number of hydrogen-bond donors (Lipinski definition) is 1. The number of likely N-dealkylation sites (N-methyl/N-ethyl adjacent to an activating group) is 1. The molecule has 112 valence electrons. The summed E-state index contributed by atoms with van der Waals surface area (Å²) >= 11 is 0. The molecular weight excluding hydrogens is 260 g/mol. The van der Waals surface area contributed by atoms with Crippen LogP contribution in [0, 0.1) is 0 Å². The molecular formula is C18H24N2O. The Bertz CT molecular complexity index is 608. The van der Waals surface area contributed by atoms with Crippen LogP contribution in [0.4, 0.5) is 0 Å². The zero-order chi connectivity index (χ0) is 14.8. The molecule has 3 rings (SSSR count). The highest BCUT2D eigenvalue weighted by Gasteiger charge is 2.23. The second-order valence-electron chi connectivity index (χ2n) is 6.17. The number of aliphatic hydroxyl groups excluding tert-OH is 1. The van der Waals surface area contributed by atoms with E-state index in [1.54, 1.807) is 0 Å². The second kappa shape index (κ2) is 6.14. The highest BCUT2D eigenvalue weighted by atomic mass is 16.3. The van der Waals surface area contributed by atoms with Crippen LogP contribution in [0.1, 0.15) is 18.6 Å². The lowest BCUT2D eigenvalue weighted by Gasteiger charge is -2.38. The van der Waals surface area contributed by atoms with Gasteiger partial charge in [-0.25, -0.2) is 0 Å². The highest BCUT2D eigenvalue weighted by Crippen LogP contribution is 2.25. The van der Waals surface area contributed by atoms with Gasteiger partial charge in [-0.05, 0) is 30.3 Å². The largest absolute Gasteiger partial charge is 0.387 e. The van der Waals surface area contributed by atoms with Crippen LogP contribution in [-0.2, 0) is 0 Å². The number of piperazine rings is 1. The van der Waals surface area contributed by atoms with Gasteiger partial charge in [0.15, 0.2) is 0 Å². The van der Waals surface area contributed by atoms with Crippen LogP contribution >= 0.6 is 0 Å². The van der Waals surface area contributed by atoms with Crippen molar-refractivity contribution in [2.24, 2.45) is 0 Å². The molecule has 2 atom stereocenters. The van der Waals surface area contributed by atoms with E-state index in [4.69, 9.17) is 0 Å². The van der Waals surface area contributed by atoms with E-state index in [1.807, 2.05) is 24.3 Å². The molecule has 0 saturated carbocycles. The molecule has 1 heterocycles. The van der Waals surface area contributed by atoms with E-state index < -0.39 is 6.10 Å². The van der Waals surface area contributed by atoms with Gasteiger partial charge in [-0.15, -0.1) is 0 Å². The smallest absolute Gasteiger partial charge is 0.0922 e. The molecule has 0 aromatic heterocycles. The van der Waals surface area contributed by atoms with E-state index in [0.29, 0.717) is 12.6 Å². The Labute approximate surface area is 126 Å². The Balaban J connectivity index is 1.77. The molecule has 1 saturated heterocycles. The molecule has 0 aliphatic carbocycles. The van der Waals surface area contributed by atoms with Crippen molar-refractivity contribution in [3.05, 3.63) is 48.0 Å². The lowest BCUT2D eigenvalue weighted by atomic mass is 10.00. The van der Waals surface area contributed by atoms with Crippen LogP contribution in [0.2, 0.25) is 0 Å². The maximum absolute atomic E-state index is 10.7. The predicted molar refractivity (Wildman–Crippen MR) is 87.4 cm³/mol. The van der Waals surface area contributed by atoms with Crippen LogP contribution < -0.4 is 0 Å². The predicted octanol–water partition coefficient (Wildman–Crippen LogP) is 2.51. The zero-order valence-corrected chi connectivity index (χ0v) is 12.9. The lowest BCUT2D eigenvalue weighted by molar-refractivity contribution is 0.0573. The molecule has 1 aliphatic rings. The Morgan fingerprint density at radius 3 is 2.71 bits per heavy atom. The first-order valence-electron chi connectivity index (χ1n) is 7.73. The second-order valence-corrected chi connectivity index (χ2v) is 6.17. The fourth-order valence-electron chi connectivity index (χ4n) is 3.17. The molecule has 0 amide bonds. The van der Waals surface area contributed by atoms with Gasteiger partial charge in [0.2, 0.25) is 0 Å². The van der Waals surface area contributed by atoms with Gasteiger partial charge in [-0.3, -0.25) is 4.90 Å². The van der Waals surface area contributed by atoms with Crippen molar-refractivity contribution < 1.29 is 5.11 Å². The van der Waals surface area contributed by atoms with Crippen molar-refractivity contribution in [2.45, 2.75) is 19.1 Å². The van der Waals surface area contributed by atoms with E-state index in [1.165, 1.54) is 5.39 Å². The molecule has 1 aliphatic heterocycles. The average Bonchev–Trinajstić information content (AvgIpc) is 2.50. The minimum Gasteiger partial charge on any atom is -0.387 e. The normalized spacial score (nSPS) is 22.5. The minimum absolute atomic E-state index is 0.424. The summed E-state index contributed by atoms with van der Waals surface area (Å²) in [4.78, 5) is 4.75. The maximum atomic E-state index is 10.7. The van der Waals surface area contributed by atoms with Crippen LogP contribution in [-0.4, -0.2) is 54.2 Å². The standard InChI is InChI=1S/C18H24N2O/c1-14-12-20(11-10-19(14)2)13-18(21)17-9-5-7-15-6-3-4-8-16(15)17/h3-9,14,18,21H,10-13H2,1-2H3. The first-order valence-corrected chi connectivity index (χ1v) is 7.73. The summed E-state index contributed by atoms with van der Waals surface area (Å²) < 4.78 is 0. The summed E-state index contributed by atoms with van der Waals surface area (Å²) in [7, 11) is 2.17. The Hall–Kier alpha value is -1.42. The van der Waals surface area contributed by atoms with E-state index in [0.717, 1.165) is 30.6 Å². The molecule has 2 unspecified atom stereocenters. The molecule has 21 heavy (non-hydrogen) atoms. The van der Waals surface area contributed by atoms with Crippen molar-refractivity contribution >= 4 is 10.8 Å². The number of rotatable bonds is 3. The molecule has 1 fully saturated rings. The van der Waals surface area contributed by atoms with Crippen molar-refractivity contribution in [1.82, 2.24) is 9.80 Å². The summed E-state index contributed by atoms with van der Waals surface area (Å²) in [6, 6.07) is 15.0. The topological polar surface area (TPSA) is 26.7 Å². The fraction of sp³-hybridized carbons (Fsp3) is 0.444. The summed E-state index contributed by atoms with van der Waals surface area (Å²) in [5.41, 5.74) is 1.04. The van der Waals surface area contributed by atoms with Gasteiger partial charge in [0.1, 0.15) is 0 Å². The van der Waals surface area contributed by atoms with E-state index >= 15 is 0 Å². The van der Waals surface area contributed by atoms with Gasteiger partial charge < -0.3 is 10.0 Å². The van der Waals surface area contributed by atoms with E-state index in [9.17, 15) is 5.11 Å². The SMILES string of the molecule is CC1CN(CC(O)c2cccc3ccccc23)CCN1C. The van der Waals surface area contributed by atoms with Crippen molar-refractivity contribution in [3.8, 4) is 0 Å². The molecule has 0 bridgehead atoms. The van der Waals surface area contributed by atoms with Crippen LogP contribution in [0.3, 0.4) is 0 Å². The number of benzene rings is 2. The van der Waals surface area contributed by atoms with Gasteiger partial charge in [0, 0.05) is 32.2 Å². The van der Waals surface area contributed by atoms with E-state index in [2.05, 4.69) is 42.0 Å². The Morgan fingerprint density at radius 1 is 1.14 bits per heavy atom. The van der Waals surface area contributed by atoms with Crippen molar-refractivity contribution in [3.63, 3.8) is 0 Å². The fourth-order valence-corrected chi connectivity index (χ4v) is 3.17. The van der Waals surface area contributed by atoms with Gasteiger partial charge in [-0.1, -0.05) is 42.5 Å². The summed E-state index contributed by atoms with van der Waals surface area (Å²) in [6.45, 7) is 6.09. The third kappa shape index (κ3) is 3.10. The Morgan fingerprint density at radius 2 is 1.90 bits per heavy atom. The molecule has 0 radical (unpaired) electrons. The first kappa shape index (κ1) is 14.5. The summed E-state index contributed by atoms with van der Waals surface area (Å²) in [6.07, 6.45) is -0.424. The number of hydrogen-bond acceptors (Lipinski definition) is 3. The number of fused-ring (bicyclic) bond motifs is 1. The summed E-state index contributed by atoms with van der Waals surface area (Å²) in [5, 5.41) is 13.0. The molecule has 3 heteroatoms. The monoisotopic (exact) mass is 284 g/mol. The maximum Gasteiger partial charge on any atom is 0.0922 e. The quantitative estimate of drug-likeness (QED) is 0.938. The molecule has 2 aromatic rings. The molecule has 1 N–H and O–H groups in total. The Kier molecular flexibility index (Phi) is 4.24. The third-order valence-corrected chi connectivity index (χ3v) is 4.66. The van der Waals surface area contributed by atoms with E-state index in [-0.39, 0.29) is 0 Å². The van der Waals surface area contributed by atoms with Gasteiger partial charge >= 0.3 is 0 Å². The minimum atomic E-state index is -0.424. The summed E-state index contributed by atoms with van der Waals surface area (Å²) in [5.74, 6) is 0. The number of β-amino-alcohol motifs (C(OH)–C–C–N with tert-alkyl or cyclic N) is 1. The number of nitrogens with zero attached hydrogens (tertiary/aromatic N) is 2. The van der Waals surface area contributed by atoms with Crippen molar-refractivity contribution in [2.75, 3.05) is 33.2 Å². The molecule has 0 spiro atoms. The van der Waals surface area contributed by atoms with Crippen LogP contribution in [0.25, 0.3) is 10.8 Å². The third-order valence-electron chi connectivity index (χ3n) is 4.66. The lowest BCUT2D eigenvalue weighted by Crippen LogP contribution is -2.50. The van der Waals surface area contributed by atoms with Crippen LogP contribution in [0.15, 0.2) is 42.5 Å². The number of aliphatic hydroxyl groups is 1. The molecule has 3 nitrogen and oxygen atoms in total. The average molecular weight is 284 g/mol. The molecule has 2 aromatic carbocycles. The van der Waals surface area contributed by atoms with Gasteiger partial charge in [0.05, 0.1) is 6.10 Å². The van der Waals surface area contributed by atoms with Crippen LogP contribution in [0.5, 0.6) is 0 Å². The first-order chi connectivity index (χ1) is 10.1. The van der Waals surface area contributed by atoms with Crippen molar-refractivity contribution in [1.29, 1.82) is 0 Å². The zero-order valence-electron chi connectivity index (χ0n) is 12.9.